The predicted molar refractivity (Wildman–Crippen MR) is 64.4 cm³/mol. The zero-order valence-corrected chi connectivity index (χ0v) is 10.4. The standard InChI is InChI=1S/C7H4BrIN2S/c8-6-1-2-7-5(3-6)4-10-11(7)12-9/h1-4H. The number of aromatic nitrogens is 2. The molecule has 2 nitrogen and oxygen atoms in total. The Hall–Kier alpha value is 0.250. The summed E-state index contributed by atoms with van der Waals surface area (Å²) in [5, 5.41) is 5.37. The van der Waals surface area contributed by atoms with Crippen LogP contribution in [-0.2, 0) is 0 Å². The van der Waals surface area contributed by atoms with Crippen LogP contribution in [0.4, 0.5) is 0 Å². The number of halogens is 2. The minimum atomic E-state index is 1.09. The van der Waals surface area contributed by atoms with E-state index in [1.807, 2.05) is 16.4 Å². The van der Waals surface area contributed by atoms with Crippen LogP contribution in [0.2, 0.25) is 0 Å². The number of nitrogens with zero attached hydrogens (tertiary/aromatic N) is 2. The molecule has 0 saturated heterocycles. The Balaban J connectivity index is 2.73. The van der Waals surface area contributed by atoms with Crippen LogP contribution in [0, 0.1) is 0 Å². The number of hydrogen-bond acceptors (Lipinski definition) is 2. The van der Waals surface area contributed by atoms with Gasteiger partial charge in [0.15, 0.2) is 0 Å². The summed E-state index contributed by atoms with van der Waals surface area (Å²) >= 11 is 5.63. The highest BCUT2D eigenvalue weighted by molar-refractivity contribution is 14.2. The minimum Gasteiger partial charge on any atom is -0.196 e. The Morgan fingerprint density at radius 1 is 1.50 bits per heavy atom. The van der Waals surface area contributed by atoms with Crippen molar-refractivity contribution < 1.29 is 0 Å². The molecule has 0 atom stereocenters. The van der Waals surface area contributed by atoms with Gasteiger partial charge in [0, 0.05) is 40.2 Å². The maximum absolute atomic E-state index is 4.21. The van der Waals surface area contributed by atoms with Crippen molar-refractivity contribution in [1.29, 1.82) is 0 Å². The smallest absolute Gasteiger partial charge is 0.0821 e. The van der Waals surface area contributed by atoms with Crippen molar-refractivity contribution in [3.05, 3.63) is 28.9 Å². The van der Waals surface area contributed by atoms with Crippen LogP contribution in [0.5, 0.6) is 0 Å². The number of fused-ring (bicyclic) bond motifs is 1. The lowest BCUT2D eigenvalue weighted by atomic mass is 10.3. The molecule has 1 heterocycles. The van der Waals surface area contributed by atoms with Gasteiger partial charge in [-0.1, -0.05) is 15.9 Å². The molecule has 0 bridgehead atoms. The van der Waals surface area contributed by atoms with Gasteiger partial charge in [0.1, 0.15) is 0 Å². The Bertz CT molecular complexity index is 415. The molecule has 5 heteroatoms. The Morgan fingerprint density at radius 3 is 3.08 bits per heavy atom. The van der Waals surface area contributed by atoms with Gasteiger partial charge in [-0.25, -0.2) is 0 Å². The van der Waals surface area contributed by atoms with Gasteiger partial charge in [0.2, 0.25) is 0 Å². The molecule has 0 aliphatic heterocycles. The molecular formula is C7H4BrIN2S. The lowest BCUT2D eigenvalue weighted by Crippen LogP contribution is -1.82. The van der Waals surface area contributed by atoms with E-state index in [0.717, 1.165) is 15.4 Å². The summed E-state index contributed by atoms with van der Waals surface area (Å²) in [4.78, 5) is 0. The summed E-state index contributed by atoms with van der Waals surface area (Å²) in [6.45, 7) is 0. The summed E-state index contributed by atoms with van der Waals surface area (Å²) in [5.74, 6) is 0. The molecule has 0 radical (unpaired) electrons. The largest absolute Gasteiger partial charge is 0.196 e. The van der Waals surface area contributed by atoms with E-state index in [-0.39, 0.29) is 0 Å². The van der Waals surface area contributed by atoms with Crippen molar-refractivity contribution in [3.8, 4) is 0 Å². The van der Waals surface area contributed by atoms with Gasteiger partial charge >= 0.3 is 0 Å². The van der Waals surface area contributed by atoms with E-state index in [4.69, 9.17) is 0 Å². The molecule has 62 valence electrons. The van der Waals surface area contributed by atoms with Crippen molar-refractivity contribution in [2.45, 2.75) is 0 Å². The molecule has 0 aliphatic carbocycles. The highest BCUT2D eigenvalue weighted by Gasteiger charge is 2.01. The molecule has 1 aromatic carbocycles. The highest BCUT2D eigenvalue weighted by atomic mass is 127. The summed E-state index contributed by atoms with van der Waals surface area (Å²) in [6, 6.07) is 6.14. The van der Waals surface area contributed by atoms with Crippen molar-refractivity contribution in [1.82, 2.24) is 9.19 Å². The van der Waals surface area contributed by atoms with E-state index < -0.39 is 0 Å². The van der Waals surface area contributed by atoms with Crippen molar-refractivity contribution in [2.24, 2.45) is 0 Å². The van der Waals surface area contributed by atoms with E-state index in [0.29, 0.717) is 0 Å². The van der Waals surface area contributed by atoms with E-state index in [1.165, 1.54) is 0 Å². The third kappa shape index (κ3) is 1.49. The maximum atomic E-state index is 4.21. The van der Waals surface area contributed by atoms with Gasteiger partial charge in [-0.2, -0.15) is 9.19 Å². The van der Waals surface area contributed by atoms with Gasteiger partial charge in [-0.05, 0) is 18.2 Å². The second-order valence-electron chi connectivity index (χ2n) is 2.29. The molecule has 0 unspecified atom stereocenters. The van der Waals surface area contributed by atoms with Crippen molar-refractivity contribution >= 4 is 57.2 Å². The number of hydrogen-bond donors (Lipinski definition) is 0. The number of benzene rings is 1. The van der Waals surface area contributed by atoms with Crippen LogP contribution in [-0.4, -0.2) is 9.19 Å². The quantitative estimate of drug-likeness (QED) is 0.727. The number of rotatable bonds is 1. The molecular weight excluding hydrogens is 351 g/mol. The van der Waals surface area contributed by atoms with E-state index in [2.05, 4.69) is 54.4 Å². The molecule has 2 aromatic rings. The van der Waals surface area contributed by atoms with Crippen LogP contribution in [0.15, 0.2) is 28.9 Å². The SMILES string of the molecule is Brc1ccc2c(cnn2SI)c1. The first-order chi connectivity index (χ1) is 5.81. The van der Waals surface area contributed by atoms with Gasteiger partial charge in [0.25, 0.3) is 0 Å². The first-order valence-corrected chi connectivity index (χ1v) is 7.34. The summed E-state index contributed by atoms with van der Waals surface area (Å²) in [5.41, 5.74) is 1.15. The fourth-order valence-electron chi connectivity index (χ4n) is 1.03. The molecule has 0 N–H and O–H groups in total. The summed E-state index contributed by atoms with van der Waals surface area (Å²) < 4.78 is 2.98. The summed E-state index contributed by atoms with van der Waals surface area (Å²) in [7, 11) is 1.57. The minimum absolute atomic E-state index is 1.09. The van der Waals surface area contributed by atoms with Crippen LogP contribution >= 0.6 is 46.3 Å². The Labute approximate surface area is 94.6 Å². The average molecular weight is 355 g/mol. The molecule has 0 fully saturated rings. The van der Waals surface area contributed by atoms with Crippen LogP contribution in [0.25, 0.3) is 10.9 Å². The molecule has 1 aromatic heterocycles. The van der Waals surface area contributed by atoms with Gasteiger partial charge < -0.3 is 0 Å². The average Bonchev–Trinajstić information content (AvgIpc) is 2.46. The summed E-state index contributed by atoms with van der Waals surface area (Å²) in [6.07, 6.45) is 1.87. The first kappa shape index (κ1) is 8.83. The third-order valence-electron chi connectivity index (χ3n) is 1.56. The van der Waals surface area contributed by atoms with Gasteiger partial charge in [0.05, 0.1) is 11.7 Å². The van der Waals surface area contributed by atoms with Crippen molar-refractivity contribution in [3.63, 3.8) is 0 Å². The van der Waals surface area contributed by atoms with Crippen LogP contribution < -0.4 is 0 Å². The van der Waals surface area contributed by atoms with Crippen LogP contribution in [0.1, 0.15) is 0 Å². The fraction of sp³-hybridized carbons (Fsp3) is 0. The monoisotopic (exact) mass is 354 g/mol. The fourth-order valence-corrected chi connectivity index (χ4v) is 2.68. The van der Waals surface area contributed by atoms with E-state index in [1.54, 1.807) is 9.12 Å². The van der Waals surface area contributed by atoms with Crippen molar-refractivity contribution in [2.75, 3.05) is 0 Å². The topological polar surface area (TPSA) is 17.8 Å². The zero-order chi connectivity index (χ0) is 8.55. The lowest BCUT2D eigenvalue weighted by Gasteiger charge is -1.94. The molecule has 0 amide bonds. The van der Waals surface area contributed by atoms with Gasteiger partial charge in [-0.3, -0.25) is 0 Å². The molecule has 0 aliphatic rings. The van der Waals surface area contributed by atoms with E-state index >= 15 is 0 Å². The maximum Gasteiger partial charge on any atom is 0.0821 e. The normalized spacial score (nSPS) is 10.8. The van der Waals surface area contributed by atoms with Gasteiger partial charge in [-0.15, -0.1) is 0 Å². The van der Waals surface area contributed by atoms with Crippen LogP contribution in [0.3, 0.4) is 0 Å². The molecule has 2 rings (SSSR count). The second kappa shape index (κ2) is 3.55. The first-order valence-electron chi connectivity index (χ1n) is 3.23. The molecule has 0 saturated carbocycles. The molecule has 0 spiro atoms. The molecule has 12 heavy (non-hydrogen) atoms. The van der Waals surface area contributed by atoms with E-state index in [9.17, 15) is 0 Å². The third-order valence-corrected chi connectivity index (χ3v) is 3.60. The lowest BCUT2D eigenvalue weighted by molar-refractivity contribution is 1.05. The Kier molecular flexibility index (Phi) is 2.61. The zero-order valence-electron chi connectivity index (χ0n) is 5.87. The second-order valence-corrected chi connectivity index (χ2v) is 4.87. The highest BCUT2D eigenvalue weighted by Crippen LogP contribution is 2.24. The Morgan fingerprint density at radius 2 is 2.33 bits per heavy atom. The predicted octanol–water partition coefficient (Wildman–Crippen LogP) is 3.65.